The number of hydrogen-bond donors (Lipinski definition) is 1. The van der Waals surface area contributed by atoms with Gasteiger partial charge in [0.15, 0.2) is 0 Å². The highest BCUT2D eigenvalue weighted by Gasteiger charge is 2.25. The molecule has 1 aromatic heterocycles. The van der Waals surface area contributed by atoms with E-state index in [0.717, 1.165) is 23.2 Å². The quantitative estimate of drug-likeness (QED) is 0.835. The molecule has 0 fully saturated rings. The Bertz CT molecular complexity index is 417. The van der Waals surface area contributed by atoms with Crippen LogP contribution in [0, 0.1) is 6.92 Å². The molecule has 0 saturated carbocycles. The summed E-state index contributed by atoms with van der Waals surface area (Å²) in [7, 11) is 0. The van der Waals surface area contributed by atoms with Crippen molar-refractivity contribution in [3.63, 3.8) is 0 Å². The van der Waals surface area contributed by atoms with Crippen molar-refractivity contribution in [1.82, 2.24) is 4.98 Å². The first-order valence-corrected chi connectivity index (χ1v) is 5.51. The zero-order valence-electron chi connectivity index (χ0n) is 10.6. The summed E-state index contributed by atoms with van der Waals surface area (Å²) in [6, 6.07) is 0. The van der Waals surface area contributed by atoms with Gasteiger partial charge in [0.25, 0.3) is 0 Å². The number of aromatic carboxylic acids is 1. The zero-order chi connectivity index (χ0) is 12.5. The van der Waals surface area contributed by atoms with Crippen molar-refractivity contribution >= 4 is 5.97 Å². The highest BCUT2D eigenvalue weighted by Crippen LogP contribution is 2.30. The maximum atomic E-state index is 11.2. The molecule has 0 atom stereocenters. The van der Waals surface area contributed by atoms with Gasteiger partial charge in [0, 0.05) is 11.9 Å². The van der Waals surface area contributed by atoms with E-state index in [0.29, 0.717) is 5.56 Å². The number of aryl methyl sites for hydroxylation is 1. The molecule has 3 heteroatoms. The average molecular weight is 221 g/mol. The molecule has 1 aromatic rings. The second-order valence-corrected chi connectivity index (χ2v) is 5.03. The predicted molar refractivity (Wildman–Crippen MR) is 64.0 cm³/mol. The van der Waals surface area contributed by atoms with E-state index in [1.54, 1.807) is 0 Å². The first-order chi connectivity index (χ1) is 7.29. The molecule has 3 nitrogen and oxygen atoms in total. The summed E-state index contributed by atoms with van der Waals surface area (Å²) >= 11 is 0. The SMILES string of the molecule is CCc1ncc(C(=O)O)c(C(C)(C)C)c1C. The van der Waals surface area contributed by atoms with Gasteiger partial charge in [0.05, 0.1) is 5.56 Å². The van der Waals surface area contributed by atoms with Crippen LogP contribution in [0.25, 0.3) is 0 Å². The molecule has 1 rings (SSSR count). The van der Waals surface area contributed by atoms with Crippen LogP contribution in [0.15, 0.2) is 6.20 Å². The molecule has 0 spiro atoms. The molecule has 1 heterocycles. The maximum absolute atomic E-state index is 11.2. The summed E-state index contributed by atoms with van der Waals surface area (Å²) < 4.78 is 0. The van der Waals surface area contributed by atoms with Crippen molar-refractivity contribution in [2.75, 3.05) is 0 Å². The summed E-state index contributed by atoms with van der Waals surface area (Å²) in [4.78, 5) is 15.4. The Kier molecular flexibility index (Phi) is 3.36. The van der Waals surface area contributed by atoms with E-state index in [4.69, 9.17) is 0 Å². The van der Waals surface area contributed by atoms with Crippen molar-refractivity contribution in [3.05, 3.63) is 28.6 Å². The van der Waals surface area contributed by atoms with E-state index in [1.807, 2.05) is 34.6 Å². The smallest absolute Gasteiger partial charge is 0.337 e. The maximum Gasteiger partial charge on any atom is 0.337 e. The summed E-state index contributed by atoms with van der Waals surface area (Å²) in [6.45, 7) is 10.1. The van der Waals surface area contributed by atoms with E-state index in [1.165, 1.54) is 6.20 Å². The monoisotopic (exact) mass is 221 g/mol. The van der Waals surface area contributed by atoms with Crippen LogP contribution in [0.2, 0.25) is 0 Å². The van der Waals surface area contributed by atoms with Gasteiger partial charge in [0.1, 0.15) is 0 Å². The fourth-order valence-corrected chi connectivity index (χ4v) is 2.14. The van der Waals surface area contributed by atoms with Gasteiger partial charge < -0.3 is 5.11 Å². The molecule has 1 N–H and O–H groups in total. The number of rotatable bonds is 2. The second-order valence-electron chi connectivity index (χ2n) is 5.03. The van der Waals surface area contributed by atoms with Crippen molar-refractivity contribution in [3.8, 4) is 0 Å². The summed E-state index contributed by atoms with van der Waals surface area (Å²) in [5.41, 5.74) is 3.03. The molecule has 0 bridgehead atoms. The van der Waals surface area contributed by atoms with Crippen LogP contribution in [-0.4, -0.2) is 16.1 Å². The Morgan fingerprint density at radius 1 is 1.44 bits per heavy atom. The van der Waals surface area contributed by atoms with Gasteiger partial charge in [-0.2, -0.15) is 0 Å². The van der Waals surface area contributed by atoms with Crippen molar-refractivity contribution < 1.29 is 9.90 Å². The van der Waals surface area contributed by atoms with Gasteiger partial charge in [-0.25, -0.2) is 4.79 Å². The Morgan fingerprint density at radius 2 is 2.00 bits per heavy atom. The molecule has 88 valence electrons. The minimum absolute atomic E-state index is 0.176. The van der Waals surface area contributed by atoms with Crippen molar-refractivity contribution in [1.29, 1.82) is 0 Å². The Balaban J connectivity index is 3.56. The first kappa shape index (κ1) is 12.7. The molecular formula is C13H19NO2. The minimum Gasteiger partial charge on any atom is -0.478 e. The molecule has 0 aliphatic heterocycles. The lowest BCUT2D eigenvalue weighted by Gasteiger charge is -2.24. The Hall–Kier alpha value is -1.38. The van der Waals surface area contributed by atoms with Crippen LogP contribution >= 0.6 is 0 Å². The highest BCUT2D eigenvalue weighted by molar-refractivity contribution is 5.90. The van der Waals surface area contributed by atoms with Crippen LogP contribution in [0.4, 0.5) is 0 Å². The van der Waals surface area contributed by atoms with Gasteiger partial charge in [-0.1, -0.05) is 27.7 Å². The van der Waals surface area contributed by atoms with E-state index in [-0.39, 0.29) is 5.41 Å². The second kappa shape index (κ2) is 4.24. The minimum atomic E-state index is -0.900. The third kappa shape index (κ3) is 2.23. The van der Waals surface area contributed by atoms with E-state index in [9.17, 15) is 9.90 Å². The average Bonchev–Trinajstić information content (AvgIpc) is 2.14. The third-order valence-electron chi connectivity index (χ3n) is 2.74. The van der Waals surface area contributed by atoms with Gasteiger partial charge >= 0.3 is 5.97 Å². The number of pyridine rings is 1. The molecular weight excluding hydrogens is 202 g/mol. The van der Waals surface area contributed by atoms with Gasteiger partial charge in [-0.05, 0) is 29.9 Å². The molecule has 16 heavy (non-hydrogen) atoms. The Morgan fingerprint density at radius 3 is 2.38 bits per heavy atom. The van der Waals surface area contributed by atoms with Gasteiger partial charge in [0.2, 0.25) is 0 Å². The summed E-state index contributed by atoms with van der Waals surface area (Å²) in [6.07, 6.45) is 2.31. The molecule has 0 aliphatic carbocycles. The molecule has 0 unspecified atom stereocenters. The largest absolute Gasteiger partial charge is 0.478 e. The molecule has 0 saturated heterocycles. The summed E-state index contributed by atoms with van der Waals surface area (Å²) in [5.74, 6) is -0.900. The van der Waals surface area contributed by atoms with E-state index in [2.05, 4.69) is 4.98 Å². The number of carboxylic acids is 1. The topological polar surface area (TPSA) is 50.2 Å². The fourth-order valence-electron chi connectivity index (χ4n) is 2.14. The van der Waals surface area contributed by atoms with Gasteiger partial charge in [-0.3, -0.25) is 4.98 Å². The molecule has 0 amide bonds. The lowest BCUT2D eigenvalue weighted by molar-refractivity contribution is 0.0693. The predicted octanol–water partition coefficient (Wildman–Crippen LogP) is 2.95. The number of carboxylic acid groups (broad SMARTS) is 1. The first-order valence-electron chi connectivity index (χ1n) is 5.51. The fraction of sp³-hybridized carbons (Fsp3) is 0.538. The molecule has 0 aliphatic rings. The Labute approximate surface area is 96.5 Å². The summed E-state index contributed by atoms with van der Waals surface area (Å²) in [5, 5.41) is 9.18. The molecule has 0 radical (unpaired) electrons. The van der Waals surface area contributed by atoms with Crippen LogP contribution in [0.3, 0.4) is 0 Å². The number of nitrogens with zero attached hydrogens (tertiary/aromatic N) is 1. The highest BCUT2D eigenvalue weighted by atomic mass is 16.4. The van der Waals surface area contributed by atoms with Crippen LogP contribution in [-0.2, 0) is 11.8 Å². The number of hydrogen-bond acceptors (Lipinski definition) is 2. The van der Waals surface area contributed by atoms with Gasteiger partial charge in [-0.15, -0.1) is 0 Å². The number of aromatic nitrogens is 1. The third-order valence-corrected chi connectivity index (χ3v) is 2.74. The number of carbonyl (C=O) groups is 1. The normalized spacial score (nSPS) is 11.6. The van der Waals surface area contributed by atoms with Crippen LogP contribution in [0.1, 0.15) is 54.9 Å². The van der Waals surface area contributed by atoms with Crippen LogP contribution in [0.5, 0.6) is 0 Å². The molecule has 0 aromatic carbocycles. The standard InChI is InChI=1S/C13H19NO2/c1-6-10-8(2)11(13(3,4)5)9(7-14-10)12(15)16/h7H,6H2,1-5H3,(H,15,16). The lowest BCUT2D eigenvalue weighted by Crippen LogP contribution is -2.20. The van der Waals surface area contributed by atoms with Crippen LogP contribution < -0.4 is 0 Å². The zero-order valence-corrected chi connectivity index (χ0v) is 10.6. The lowest BCUT2D eigenvalue weighted by atomic mass is 9.81. The van der Waals surface area contributed by atoms with Crippen molar-refractivity contribution in [2.24, 2.45) is 0 Å². The van der Waals surface area contributed by atoms with Crippen molar-refractivity contribution in [2.45, 2.75) is 46.5 Å². The van der Waals surface area contributed by atoms with E-state index >= 15 is 0 Å². The van der Waals surface area contributed by atoms with E-state index < -0.39 is 5.97 Å².